The quantitative estimate of drug-likeness (QED) is 0.432. The molecule has 1 aliphatic rings. The molecule has 1 unspecified atom stereocenters. The summed E-state index contributed by atoms with van der Waals surface area (Å²) in [5.74, 6) is 0. The molecule has 7 heteroatoms. The Balaban J connectivity index is 0.000000218. The van der Waals surface area contributed by atoms with Crippen LogP contribution < -0.4 is 5.30 Å². The van der Waals surface area contributed by atoms with Crippen molar-refractivity contribution in [1.82, 2.24) is 0 Å². The Kier molecular flexibility index (Phi) is 8.48. The van der Waals surface area contributed by atoms with Crippen molar-refractivity contribution in [2.45, 2.75) is 32.3 Å². The molecule has 1 aromatic carbocycles. The molecule has 19 heavy (non-hydrogen) atoms. The molecular formula is C12H13Cl6P. The van der Waals surface area contributed by atoms with Gasteiger partial charge in [0.05, 0.1) is 32.3 Å². The predicted octanol–water partition coefficient (Wildman–Crippen LogP) is 4.83. The smallest absolute Gasteiger partial charge is 0.0693 e. The lowest BCUT2D eigenvalue weighted by atomic mass is 9.97. The second kappa shape index (κ2) is 8.74. The molecule has 0 bridgehead atoms. The number of benzene rings is 1. The van der Waals surface area contributed by atoms with Gasteiger partial charge in [0.15, 0.2) is 0 Å². The molecule has 0 aliphatic heterocycles. The third kappa shape index (κ3) is 5.26. The largest absolute Gasteiger partial charge is 0.120 e. The maximum atomic E-state index is 5.88. The highest BCUT2D eigenvalue weighted by Crippen LogP contribution is 2.39. The number of halogens is 6. The minimum Gasteiger partial charge on any atom is -0.120 e. The maximum absolute atomic E-state index is 5.88. The standard InChI is InChI=1S/C6H6Cl6.C6H7P/c7-1-2(8)4(10)6(12)5(11)3(1)9;7-6-4-2-1-3-5-6/h1-6H;1-5H,7H2. The van der Waals surface area contributed by atoms with Crippen LogP contribution in [0.25, 0.3) is 0 Å². The molecule has 1 aliphatic carbocycles. The number of rotatable bonds is 0. The average Bonchev–Trinajstić information content (AvgIpc) is 2.42. The summed E-state index contributed by atoms with van der Waals surface area (Å²) in [6, 6.07) is 10.1. The Hall–Kier alpha value is 1.39. The Morgan fingerprint density at radius 3 is 1.00 bits per heavy atom. The first-order valence-electron chi connectivity index (χ1n) is 5.51. The van der Waals surface area contributed by atoms with E-state index in [1.165, 1.54) is 5.30 Å². The van der Waals surface area contributed by atoms with Gasteiger partial charge in [0, 0.05) is 0 Å². The second-order valence-corrected chi connectivity index (χ2v) is 7.77. The van der Waals surface area contributed by atoms with Gasteiger partial charge in [-0.3, -0.25) is 0 Å². The molecular weight excluding hydrogens is 388 g/mol. The first kappa shape index (κ1) is 18.4. The molecule has 1 atom stereocenters. The molecule has 0 N–H and O–H groups in total. The number of hydrogen-bond donors (Lipinski definition) is 0. The second-order valence-electron chi connectivity index (χ2n) is 4.08. The summed E-state index contributed by atoms with van der Waals surface area (Å²) in [5, 5.41) is -1.38. The zero-order chi connectivity index (χ0) is 14.6. The van der Waals surface area contributed by atoms with Crippen LogP contribution in [0.15, 0.2) is 30.3 Å². The molecule has 0 nitrogen and oxygen atoms in total. The molecule has 0 radical (unpaired) electrons. The van der Waals surface area contributed by atoms with Crippen molar-refractivity contribution in [1.29, 1.82) is 0 Å². The van der Waals surface area contributed by atoms with E-state index in [-0.39, 0.29) is 0 Å². The minimum atomic E-state index is -0.437. The van der Waals surface area contributed by atoms with Gasteiger partial charge in [0.25, 0.3) is 0 Å². The van der Waals surface area contributed by atoms with Crippen molar-refractivity contribution in [3.05, 3.63) is 30.3 Å². The van der Waals surface area contributed by atoms with Gasteiger partial charge < -0.3 is 0 Å². The zero-order valence-corrected chi connectivity index (χ0v) is 15.4. The Morgan fingerprint density at radius 1 is 0.579 bits per heavy atom. The molecule has 0 heterocycles. The summed E-state index contributed by atoms with van der Waals surface area (Å²) >= 11 is 35.3. The normalized spacial score (nSPS) is 38.3. The molecule has 0 amide bonds. The van der Waals surface area contributed by atoms with Crippen molar-refractivity contribution in [3.63, 3.8) is 0 Å². The van der Waals surface area contributed by atoms with Gasteiger partial charge in [-0.2, -0.15) is 0 Å². The summed E-state index contributed by atoms with van der Waals surface area (Å²) < 4.78 is 0. The van der Waals surface area contributed by atoms with Crippen LogP contribution in [0.3, 0.4) is 0 Å². The van der Waals surface area contributed by atoms with E-state index in [9.17, 15) is 0 Å². The van der Waals surface area contributed by atoms with Crippen LogP contribution in [0.2, 0.25) is 0 Å². The fourth-order valence-electron chi connectivity index (χ4n) is 1.51. The topological polar surface area (TPSA) is 0 Å². The van der Waals surface area contributed by atoms with E-state index in [1.54, 1.807) is 0 Å². The van der Waals surface area contributed by atoms with Crippen LogP contribution in [0.5, 0.6) is 0 Å². The summed E-state index contributed by atoms with van der Waals surface area (Å²) in [6.07, 6.45) is 0. The minimum absolute atomic E-state index is 0.437. The summed E-state index contributed by atoms with van der Waals surface area (Å²) in [6.45, 7) is 0. The highest BCUT2D eigenvalue weighted by atomic mass is 35.5. The third-order valence-corrected chi connectivity index (χ3v) is 7.04. The molecule has 0 spiro atoms. The predicted molar refractivity (Wildman–Crippen MR) is 93.6 cm³/mol. The lowest BCUT2D eigenvalue weighted by molar-refractivity contribution is 0.544. The number of alkyl halides is 6. The fraction of sp³-hybridized carbons (Fsp3) is 0.500. The molecule has 2 rings (SSSR count). The van der Waals surface area contributed by atoms with Gasteiger partial charge in [0.1, 0.15) is 0 Å². The molecule has 1 saturated carbocycles. The summed E-state index contributed by atoms with van der Waals surface area (Å²) in [4.78, 5) is 0. The lowest BCUT2D eigenvalue weighted by Gasteiger charge is -2.37. The van der Waals surface area contributed by atoms with Crippen LogP contribution in [-0.4, -0.2) is 32.3 Å². The Bertz CT molecular complexity index is 317. The molecule has 1 aromatic rings. The monoisotopic (exact) mass is 398 g/mol. The molecule has 0 aromatic heterocycles. The van der Waals surface area contributed by atoms with Crippen LogP contribution in [0, 0.1) is 0 Å². The van der Waals surface area contributed by atoms with Gasteiger partial charge in [-0.1, -0.05) is 30.3 Å². The van der Waals surface area contributed by atoms with Crippen LogP contribution in [-0.2, 0) is 0 Å². The highest BCUT2D eigenvalue weighted by molar-refractivity contribution is 7.27. The van der Waals surface area contributed by atoms with E-state index in [1.807, 2.05) is 30.3 Å². The first-order chi connectivity index (χ1) is 8.86. The van der Waals surface area contributed by atoms with Crippen molar-refractivity contribution in [2.24, 2.45) is 0 Å². The van der Waals surface area contributed by atoms with Crippen LogP contribution in [0.4, 0.5) is 0 Å². The van der Waals surface area contributed by atoms with Gasteiger partial charge in [-0.05, 0) is 5.30 Å². The van der Waals surface area contributed by atoms with Gasteiger partial charge in [-0.25, -0.2) is 0 Å². The van der Waals surface area contributed by atoms with Crippen molar-refractivity contribution < 1.29 is 0 Å². The van der Waals surface area contributed by atoms with E-state index in [0.29, 0.717) is 0 Å². The van der Waals surface area contributed by atoms with E-state index in [0.717, 1.165) is 0 Å². The summed E-state index contributed by atoms with van der Waals surface area (Å²) in [5.41, 5.74) is 0. The van der Waals surface area contributed by atoms with Gasteiger partial charge in [-0.15, -0.1) is 78.8 Å². The van der Waals surface area contributed by atoms with E-state index in [4.69, 9.17) is 69.6 Å². The van der Waals surface area contributed by atoms with Gasteiger partial charge >= 0.3 is 0 Å². The third-order valence-electron chi connectivity index (χ3n) is 2.62. The van der Waals surface area contributed by atoms with E-state index >= 15 is 0 Å². The molecule has 0 saturated heterocycles. The molecule has 1 fully saturated rings. The SMILES string of the molecule is ClC1C(Cl)C(Cl)C(Cl)C(Cl)C1Cl.Pc1ccccc1. The van der Waals surface area contributed by atoms with Gasteiger partial charge in [0.2, 0.25) is 0 Å². The van der Waals surface area contributed by atoms with Crippen LogP contribution >= 0.6 is 78.8 Å². The van der Waals surface area contributed by atoms with E-state index < -0.39 is 32.3 Å². The first-order valence-corrected chi connectivity index (χ1v) is 8.70. The van der Waals surface area contributed by atoms with Crippen molar-refractivity contribution in [2.75, 3.05) is 0 Å². The average molecular weight is 401 g/mol. The highest BCUT2D eigenvalue weighted by Gasteiger charge is 2.46. The van der Waals surface area contributed by atoms with Crippen LogP contribution in [0.1, 0.15) is 0 Å². The van der Waals surface area contributed by atoms with Crippen molar-refractivity contribution in [3.8, 4) is 0 Å². The Morgan fingerprint density at radius 2 is 0.842 bits per heavy atom. The Labute approximate surface area is 146 Å². The van der Waals surface area contributed by atoms with Crippen molar-refractivity contribution >= 4 is 84.1 Å². The molecule has 108 valence electrons. The summed E-state index contributed by atoms with van der Waals surface area (Å²) in [7, 11) is 2.63. The number of hydrogen-bond acceptors (Lipinski definition) is 0. The lowest BCUT2D eigenvalue weighted by Crippen LogP contribution is -2.52. The van der Waals surface area contributed by atoms with E-state index in [2.05, 4.69) is 9.24 Å². The zero-order valence-electron chi connectivity index (χ0n) is 9.70. The maximum Gasteiger partial charge on any atom is 0.0693 e. The fourth-order valence-corrected chi connectivity index (χ4v) is 4.06.